The molecule has 0 aliphatic heterocycles. The van der Waals surface area contributed by atoms with Gasteiger partial charge < -0.3 is 4.74 Å². The maximum atomic E-state index is 5.09. The monoisotopic (exact) mass is 340 g/mol. The van der Waals surface area contributed by atoms with E-state index in [4.69, 9.17) is 4.74 Å². The van der Waals surface area contributed by atoms with Crippen molar-refractivity contribution >= 4 is 38.5 Å². The lowest BCUT2D eigenvalue weighted by atomic mass is 10.1. The van der Waals surface area contributed by atoms with Crippen LogP contribution in [0.15, 0.2) is 18.2 Å². The van der Waals surface area contributed by atoms with Gasteiger partial charge in [0.1, 0.15) is 0 Å². The molecule has 0 fully saturated rings. The minimum absolute atomic E-state index is 0.694. The smallest absolute Gasteiger partial charge is 0.0723 e. The summed E-state index contributed by atoms with van der Waals surface area (Å²) < 4.78 is 6.39. The van der Waals surface area contributed by atoms with Crippen LogP contribution in [0.5, 0.6) is 0 Å². The van der Waals surface area contributed by atoms with Crippen LogP contribution >= 0.6 is 38.5 Å². The molecule has 1 nitrogen and oxygen atoms in total. The Balaban J connectivity index is 2.97. The van der Waals surface area contributed by atoms with Crippen molar-refractivity contribution in [2.24, 2.45) is 0 Å². The summed E-state index contributed by atoms with van der Waals surface area (Å²) in [6, 6.07) is 6.28. The third-order valence-corrected chi connectivity index (χ3v) is 3.59. The lowest BCUT2D eigenvalue weighted by molar-refractivity contribution is 0.184. The van der Waals surface area contributed by atoms with E-state index in [1.54, 1.807) is 7.11 Å². The molecule has 0 aliphatic carbocycles. The molecule has 0 bridgehead atoms. The third-order valence-electron chi connectivity index (χ3n) is 1.60. The van der Waals surface area contributed by atoms with Crippen molar-refractivity contribution in [2.45, 2.75) is 11.9 Å². The topological polar surface area (TPSA) is 9.23 Å². The summed E-state index contributed by atoms with van der Waals surface area (Å²) in [4.78, 5) is 0. The number of ether oxygens (including phenoxy) is 1. The van der Waals surface area contributed by atoms with Crippen molar-refractivity contribution in [3.05, 3.63) is 32.9 Å². The number of hydrogen-bond donors (Lipinski definition) is 0. The summed E-state index contributed by atoms with van der Waals surface area (Å²) in [5.74, 6) is 0. The number of methoxy groups -OCH3 is 1. The minimum Gasteiger partial charge on any atom is -0.380 e. The van der Waals surface area contributed by atoms with E-state index in [1.165, 1.54) is 14.7 Å². The second-order valence-electron chi connectivity index (χ2n) is 2.46. The predicted molar refractivity (Wildman–Crippen MR) is 62.5 cm³/mol. The molecule has 1 aromatic rings. The summed E-state index contributed by atoms with van der Waals surface area (Å²) in [6.45, 7) is 0.694. The van der Waals surface area contributed by atoms with E-state index in [0.717, 1.165) is 5.33 Å². The molecule has 0 heterocycles. The lowest BCUT2D eigenvalue weighted by Gasteiger charge is -2.06. The van der Waals surface area contributed by atoms with E-state index in [1.807, 2.05) is 0 Å². The molecule has 0 radical (unpaired) electrons. The molecule has 0 N–H and O–H groups in total. The first-order valence-electron chi connectivity index (χ1n) is 3.60. The summed E-state index contributed by atoms with van der Waals surface area (Å²) in [5, 5.41) is 0.906. The van der Waals surface area contributed by atoms with Gasteiger partial charge in [-0.25, -0.2) is 0 Å². The molecule has 66 valence electrons. The second-order valence-corrected chi connectivity index (χ2v) is 4.10. The minimum atomic E-state index is 0.694. The van der Waals surface area contributed by atoms with Crippen LogP contribution in [0.1, 0.15) is 11.1 Å². The highest BCUT2D eigenvalue weighted by Gasteiger charge is 2.02. The highest BCUT2D eigenvalue weighted by molar-refractivity contribution is 14.1. The van der Waals surface area contributed by atoms with Crippen molar-refractivity contribution in [2.75, 3.05) is 7.11 Å². The molecule has 12 heavy (non-hydrogen) atoms. The Morgan fingerprint density at radius 2 is 2.08 bits per heavy atom. The quantitative estimate of drug-likeness (QED) is 0.605. The fourth-order valence-electron chi connectivity index (χ4n) is 1.00. The largest absolute Gasteiger partial charge is 0.380 e. The lowest BCUT2D eigenvalue weighted by Crippen LogP contribution is -1.94. The van der Waals surface area contributed by atoms with Crippen LogP contribution < -0.4 is 0 Å². The Labute approximate surface area is 94.8 Å². The van der Waals surface area contributed by atoms with Crippen LogP contribution in [-0.4, -0.2) is 7.11 Å². The maximum Gasteiger partial charge on any atom is 0.0723 e. The van der Waals surface area contributed by atoms with E-state index in [9.17, 15) is 0 Å². The van der Waals surface area contributed by atoms with Crippen LogP contribution in [0.3, 0.4) is 0 Å². The summed E-state index contributed by atoms with van der Waals surface area (Å²) in [6.07, 6.45) is 0. The number of rotatable bonds is 3. The third kappa shape index (κ3) is 2.44. The van der Waals surface area contributed by atoms with E-state index in [-0.39, 0.29) is 0 Å². The van der Waals surface area contributed by atoms with E-state index < -0.39 is 0 Å². The first-order chi connectivity index (χ1) is 5.79. The van der Waals surface area contributed by atoms with Gasteiger partial charge in [-0.15, -0.1) is 0 Å². The van der Waals surface area contributed by atoms with Gasteiger partial charge in [0.25, 0.3) is 0 Å². The molecular weight excluding hydrogens is 331 g/mol. The first kappa shape index (κ1) is 10.5. The van der Waals surface area contributed by atoms with E-state index >= 15 is 0 Å². The number of benzene rings is 1. The molecule has 0 spiro atoms. The Morgan fingerprint density at radius 3 is 2.67 bits per heavy atom. The fourth-order valence-corrected chi connectivity index (χ4v) is 2.70. The van der Waals surface area contributed by atoms with Crippen LogP contribution in [0.4, 0.5) is 0 Å². The summed E-state index contributed by atoms with van der Waals surface area (Å²) in [7, 11) is 1.72. The molecule has 0 amide bonds. The molecule has 1 aromatic carbocycles. The SMILES string of the molecule is COCc1cccc(CBr)c1I. The van der Waals surface area contributed by atoms with Gasteiger partial charge in [0.05, 0.1) is 6.61 Å². The van der Waals surface area contributed by atoms with Crippen molar-refractivity contribution < 1.29 is 4.74 Å². The van der Waals surface area contributed by atoms with Gasteiger partial charge >= 0.3 is 0 Å². The molecule has 0 atom stereocenters. The van der Waals surface area contributed by atoms with E-state index in [2.05, 4.69) is 56.7 Å². The average molecular weight is 341 g/mol. The number of hydrogen-bond acceptors (Lipinski definition) is 1. The molecular formula is C9H10BrIO. The average Bonchev–Trinajstić information content (AvgIpc) is 2.09. The zero-order valence-corrected chi connectivity index (χ0v) is 10.6. The van der Waals surface area contributed by atoms with Gasteiger partial charge in [-0.1, -0.05) is 34.1 Å². The van der Waals surface area contributed by atoms with Crippen LogP contribution in [0.25, 0.3) is 0 Å². The maximum absolute atomic E-state index is 5.09. The standard InChI is InChI=1S/C9H10BrIO/c1-12-6-8-4-2-3-7(5-10)9(8)11/h2-4H,5-6H2,1H3. The Hall–Kier alpha value is 0.390. The highest BCUT2D eigenvalue weighted by atomic mass is 127. The number of halogens is 2. The Bertz CT molecular complexity index is 263. The van der Waals surface area contributed by atoms with E-state index in [0.29, 0.717) is 6.61 Å². The second kappa shape index (κ2) is 5.19. The van der Waals surface area contributed by atoms with Gasteiger partial charge in [0, 0.05) is 16.0 Å². The van der Waals surface area contributed by atoms with Crippen LogP contribution in [0.2, 0.25) is 0 Å². The Kier molecular flexibility index (Phi) is 4.53. The predicted octanol–water partition coefficient (Wildman–Crippen LogP) is 3.33. The van der Waals surface area contributed by atoms with Crippen LogP contribution in [0, 0.1) is 3.57 Å². The summed E-state index contributed by atoms with van der Waals surface area (Å²) >= 11 is 5.80. The molecule has 0 aliphatic rings. The molecule has 0 saturated heterocycles. The zero-order chi connectivity index (χ0) is 8.97. The molecule has 0 unspecified atom stereocenters. The van der Waals surface area contributed by atoms with Crippen molar-refractivity contribution in [1.29, 1.82) is 0 Å². The normalized spacial score (nSPS) is 10.2. The molecule has 0 aromatic heterocycles. The summed E-state index contributed by atoms with van der Waals surface area (Å²) in [5.41, 5.74) is 2.58. The zero-order valence-electron chi connectivity index (χ0n) is 6.81. The van der Waals surface area contributed by atoms with Gasteiger partial charge in [-0.3, -0.25) is 0 Å². The Morgan fingerprint density at radius 1 is 1.42 bits per heavy atom. The van der Waals surface area contributed by atoms with Gasteiger partial charge in [-0.05, 0) is 33.7 Å². The van der Waals surface area contributed by atoms with Crippen LogP contribution in [-0.2, 0) is 16.7 Å². The van der Waals surface area contributed by atoms with Gasteiger partial charge in [0.2, 0.25) is 0 Å². The fraction of sp³-hybridized carbons (Fsp3) is 0.333. The van der Waals surface area contributed by atoms with Crippen molar-refractivity contribution in [1.82, 2.24) is 0 Å². The van der Waals surface area contributed by atoms with Crippen molar-refractivity contribution in [3.8, 4) is 0 Å². The molecule has 0 saturated carbocycles. The first-order valence-corrected chi connectivity index (χ1v) is 5.80. The van der Waals surface area contributed by atoms with Crippen molar-refractivity contribution in [3.63, 3.8) is 0 Å². The number of alkyl halides is 1. The van der Waals surface area contributed by atoms with Gasteiger partial charge in [-0.2, -0.15) is 0 Å². The van der Waals surface area contributed by atoms with Gasteiger partial charge in [0.15, 0.2) is 0 Å². The highest BCUT2D eigenvalue weighted by Crippen LogP contribution is 2.20. The molecule has 1 rings (SSSR count). The molecule has 3 heteroatoms.